The first-order valence-corrected chi connectivity index (χ1v) is 8.55. The van der Waals surface area contributed by atoms with Gasteiger partial charge in [-0.2, -0.15) is 0 Å². The molecule has 0 aliphatic rings. The van der Waals surface area contributed by atoms with Crippen molar-refractivity contribution >= 4 is 11.3 Å². The van der Waals surface area contributed by atoms with Crippen LogP contribution in [-0.2, 0) is 0 Å². The van der Waals surface area contributed by atoms with Gasteiger partial charge in [0.15, 0.2) is 0 Å². The van der Waals surface area contributed by atoms with E-state index >= 15 is 0 Å². The molecule has 0 radical (unpaired) electrons. The Bertz CT molecular complexity index is 857. The largest absolute Gasteiger partial charge is 0.359 e. The van der Waals surface area contributed by atoms with Gasteiger partial charge in [0.2, 0.25) is 0 Å². The van der Waals surface area contributed by atoms with Gasteiger partial charge in [-0.15, -0.1) is 0 Å². The van der Waals surface area contributed by atoms with Gasteiger partial charge in [0.1, 0.15) is 0 Å². The van der Waals surface area contributed by atoms with Crippen molar-refractivity contribution in [2.75, 3.05) is 5.32 Å². The summed E-state index contributed by atoms with van der Waals surface area (Å²) in [7, 11) is 0. The van der Waals surface area contributed by atoms with Gasteiger partial charge in [-0.1, -0.05) is 78.9 Å². The lowest BCUT2D eigenvalue weighted by atomic mass is 10.1. The standard InChI is InChI=1S/C24H23N/c1-19(21-9-5-3-6-10-21)13-14-20(2)25-24-17-15-23(16-18-24)22-11-7-4-8-12-22/h3-18,25H,1-2H3/b19-13+,20-14+. The molecule has 0 spiro atoms. The fraction of sp³-hybridized carbons (Fsp3) is 0.0833. The molecule has 0 aliphatic heterocycles. The molecule has 0 amide bonds. The van der Waals surface area contributed by atoms with Crippen molar-refractivity contribution in [2.45, 2.75) is 13.8 Å². The van der Waals surface area contributed by atoms with Crippen molar-refractivity contribution in [3.05, 3.63) is 108 Å². The number of hydrogen-bond acceptors (Lipinski definition) is 1. The second-order valence-corrected chi connectivity index (χ2v) is 6.13. The predicted molar refractivity (Wildman–Crippen MR) is 109 cm³/mol. The first-order valence-electron chi connectivity index (χ1n) is 8.55. The summed E-state index contributed by atoms with van der Waals surface area (Å²) in [6.45, 7) is 4.22. The van der Waals surface area contributed by atoms with Crippen LogP contribution >= 0.6 is 0 Å². The van der Waals surface area contributed by atoms with E-state index in [1.807, 2.05) is 12.1 Å². The third-order valence-electron chi connectivity index (χ3n) is 4.15. The zero-order valence-corrected chi connectivity index (χ0v) is 14.7. The molecule has 3 rings (SSSR count). The summed E-state index contributed by atoms with van der Waals surface area (Å²) in [6, 6.07) is 29.4. The summed E-state index contributed by atoms with van der Waals surface area (Å²) in [6.07, 6.45) is 4.27. The number of benzene rings is 3. The number of anilines is 1. The van der Waals surface area contributed by atoms with Gasteiger partial charge >= 0.3 is 0 Å². The van der Waals surface area contributed by atoms with Crippen LogP contribution in [0.3, 0.4) is 0 Å². The average molecular weight is 325 g/mol. The Morgan fingerprint density at radius 2 is 1.20 bits per heavy atom. The summed E-state index contributed by atoms with van der Waals surface area (Å²) in [5.74, 6) is 0. The molecule has 0 fully saturated rings. The minimum absolute atomic E-state index is 1.10. The van der Waals surface area contributed by atoms with E-state index in [0.717, 1.165) is 11.4 Å². The fourth-order valence-electron chi connectivity index (χ4n) is 2.69. The molecular weight excluding hydrogens is 302 g/mol. The van der Waals surface area contributed by atoms with Crippen LogP contribution in [0.4, 0.5) is 5.69 Å². The summed E-state index contributed by atoms with van der Waals surface area (Å²) in [5.41, 5.74) is 7.18. The van der Waals surface area contributed by atoms with Gasteiger partial charge in [-0.25, -0.2) is 0 Å². The molecule has 25 heavy (non-hydrogen) atoms. The van der Waals surface area contributed by atoms with Gasteiger partial charge in [0.25, 0.3) is 0 Å². The minimum atomic E-state index is 1.10. The highest BCUT2D eigenvalue weighted by molar-refractivity contribution is 5.67. The molecule has 0 aliphatic carbocycles. The van der Waals surface area contributed by atoms with Crippen molar-refractivity contribution in [1.29, 1.82) is 0 Å². The zero-order valence-electron chi connectivity index (χ0n) is 14.7. The molecule has 3 aromatic rings. The van der Waals surface area contributed by atoms with Crippen LogP contribution in [0.15, 0.2) is 103 Å². The van der Waals surface area contributed by atoms with E-state index in [0.29, 0.717) is 0 Å². The molecule has 124 valence electrons. The average Bonchev–Trinajstić information content (AvgIpc) is 2.68. The van der Waals surface area contributed by atoms with Crippen molar-refractivity contribution in [3.8, 4) is 11.1 Å². The number of hydrogen-bond donors (Lipinski definition) is 1. The fourth-order valence-corrected chi connectivity index (χ4v) is 2.69. The molecule has 0 bridgehead atoms. The van der Waals surface area contributed by atoms with Gasteiger partial charge < -0.3 is 5.32 Å². The Hall–Kier alpha value is -3.06. The van der Waals surface area contributed by atoms with Crippen molar-refractivity contribution in [1.82, 2.24) is 0 Å². The minimum Gasteiger partial charge on any atom is -0.359 e. The van der Waals surface area contributed by atoms with E-state index in [9.17, 15) is 0 Å². The normalized spacial score (nSPS) is 12.1. The molecule has 0 aromatic heterocycles. The highest BCUT2D eigenvalue weighted by atomic mass is 14.9. The third kappa shape index (κ3) is 4.71. The lowest BCUT2D eigenvalue weighted by Crippen LogP contribution is -1.94. The maximum Gasteiger partial charge on any atom is 0.0382 e. The molecule has 0 heterocycles. The lowest BCUT2D eigenvalue weighted by Gasteiger charge is -2.08. The summed E-state index contributed by atoms with van der Waals surface area (Å²) in [4.78, 5) is 0. The molecule has 1 N–H and O–H groups in total. The Balaban J connectivity index is 1.67. The first-order chi connectivity index (χ1) is 12.2. The Kier molecular flexibility index (Phi) is 5.48. The van der Waals surface area contributed by atoms with Crippen LogP contribution in [-0.4, -0.2) is 0 Å². The smallest absolute Gasteiger partial charge is 0.0382 e. The molecule has 0 saturated carbocycles. The number of rotatable bonds is 5. The highest BCUT2D eigenvalue weighted by Crippen LogP contribution is 2.21. The number of allylic oxidation sites excluding steroid dienone is 4. The predicted octanol–water partition coefficient (Wildman–Crippen LogP) is 6.77. The van der Waals surface area contributed by atoms with Crippen LogP contribution in [0, 0.1) is 0 Å². The van der Waals surface area contributed by atoms with Gasteiger partial charge in [-0.05, 0) is 54.3 Å². The van der Waals surface area contributed by atoms with Crippen LogP contribution < -0.4 is 5.32 Å². The van der Waals surface area contributed by atoms with Gasteiger partial charge in [-0.3, -0.25) is 0 Å². The SMILES string of the molecule is C/C(=C\C=C(/C)c1ccccc1)Nc1ccc(-c2ccccc2)cc1. The van der Waals surface area contributed by atoms with Crippen LogP contribution in [0.2, 0.25) is 0 Å². The van der Waals surface area contributed by atoms with Crippen molar-refractivity contribution in [3.63, 3.8) is 0 Å². The Labute approximate surface area is 150 Å². The van der Waals surface area contributed by atoms with E-state index in [-0.39, 0.29) is 0 Å². The molecule has 0 atom stereocenters. The second-order valence-electron chi connectivity index (χ2n) is 6.13. The summed E-state index contributed by atoms with van der Waals surface area (Å²) >= 11 is 0. The number of nitrogens with one attached hydrogen (secondary N) is 1. The van der Waals surface area contributed by atoms with Crippen molar-refractivity contribution in [2.24, 2.45) is 0 Å². The molecule has 1 heteroatoms. The molecule has 0 unspecified atom stereocenters. The van der Waals surface area contributed by atoms with Gasteiger partial charge in [0, 0.05) is 11.4 Å². The van der Waals surface area contributed by atoms with E-state index in [2.05, 4.69) is 104 Å². The Morgan fingerprint density at radius 3 is 1.84 bits per heavy atom. The van der Waals surface area contributed by atoms with Crippen LogP contribution in [0.1, 0.15) is 19.4 Å². The summed E-state index contributed by atoms with van der Waals surface area (Å²) < 4.78 is 0. The molecule has 3 aromatic carbocycles. The molecular formula is C24H23N. The molecule has 1 nitrogen and oxygen atoms in total. The first kappa shape index (κ1) is 16.8. The summed E-state index contributed by atoms with van der Waals surface area (Å²) in [5, 5.41) is 3.44. The topological polar surface area (TPSA) is 12.0 Å². The van der Waals surface area contributed by atoms with Crippen LogP contribution in [0.25, 0.3) is 16.7 Å². The second kappa shape index (κ2) is 8.16. The van der Waals surface area contributed by atoms with E-state index < -0.39 is 0 Å². The quantitative estimate of drug-likeness (QED) is 0.510. The van der Waals surface area contributed by atoms with E-state index in [1.165, 1.54) is 22.3 Å². The third-order valence-corrected chi connectivity index (χ3v) is 4.15. The molecule has 0 saturated heterocycles. The zero-order chi connectivity index (χ0) is 17.5. The highest BCUT2D eigenvalue weighted by Gasteiger charge is 1.98. The lowest BCUT2D eigenvalue weighted by molar-refractivity contribution is 1.37. The Morgan fingerprint density at radius 1 is 0.640 bits per heavy atom. The van der Waals surface area contributed by atoms with E-state index in [4.69, 9.17) is 0 Å². The monoisotopic (exact) mass is 325 g/mol. The maximum absolute atomic E-state index is 3.44. The van der Waals surface area contributed by atoms with Gasteiger partial charge in [0.05, 0.1) is 0 Å². The maximum atomic E-state index is 3.44. The van der Waals surface area contributed by atoms with Crippen LogP contribution in [0.5, 0.6) is 0 Å². The van der Waals surface area contributed by atoms with Crippen molar-refractivity contribution < 1.29 is 0 Å². The van der Waals surface area contributed by atoms with E-state index in [1.54, 1.807) is 0 Å².